The third-order valence-electron chi connectivity index (χ3n) is 5.74. The van der Waals surface area contributed by atoms with E-state index in [1.165, 1.54) is 0 Å². The Kier molecular flexibility index (Phi) is 7.29. The highest BCUT2D eigenvalue weighted by Crippen LogP contribution is 2.33. The zero-order chi connectivity index (χ0) is 25.7. The molecule has 2 aromatic carbocycles. The predicted molar refractivity (Wildman–Crippen MR) is 135 cm³/mol. The van der Waals surface area contributed by atoms with E-state index in [0.717, 1.165) is 5.56 Å². The molecule has 2 aromatic heterocycles. The zero-order valence-corrected chi connectivity index (χ0v) is 20.1. The standard InChI is InChI=1S/C27H26N4O5/c1-16(26(32)33)21-11-7-8-12-22(21)29-23-14-13-20(15-28-23)24-17(2)31-36-25(24)30-27(34)35-18(3)19-9-5-4-6-10-19/h4-16,18H,1-3H3,(H,28,29)(H,30,34)(H,32,33). The van der Waals surface area contributed by atoms with Gasteiger partial charge in [-0.15, -0.1) is 0 Å². The maximum absolute atomic E-state index is 12.5. The summed E-state index contributed by atoms with van der Waals surface area (Å²) in [6.07, 6.45) is 0.505. The molecule has 0 spiro atoms. The molecule has 0 radical (unpaired) electrons. The van der Waals surface area contributed by atoms with Crippen molar-refractivity contribution in [2.75, 3.05) is 10.6 Å². The number of hydrogen-bond donors (Lipinski definition) is 3. The van der Waals surface area contributed by atoms with Gasteiger partial charge in [-0.25, -0.2) is 9.78 Å². The Morgan fingerprint density at radius 1 is 1.00 bits per heavy atom. The highest BCUT2D eigenvalue weighted by molar-refractivity contribution is 5.89. The number of para-hydroxylation sites is 1. The number of aromatic nitrogens is 2. The van der Waals surface area contributed by atoms with Crippen molar-refractivity contribution < 1.29 is 24.0 Å². The summed E-state index contributed by atoms with van der Waals surface area (Å²) in [5.41, 5.74) is 4.01. The maximum atomic E-state index is 12.5. The van der Waals surface area contributed by atoms with Crippen molar-refractivity contribution in [3.05, 3.63) is 89.7 Å². The molecule has 0 saturated carbocycles. The Balaban J connectivity index is 1.49. The molecule has 0 aliphatic carbocycles. The lowest BCUT2D eigenvalue weighted by atomic mass is 9.99. The molecular formula is C27H26N4O5. The number of carboxylic acid groups (broad SMARTS) is 1. The number of nitrogens with zero attached hydrogens (tertiary/aromatic N) is 2. The van der Waals surface area contributed by atoms with Crippen molar-refractivity contribution >= 4 is 29.5 Å². The fourth-order valence-electron chi connectivity index (χ4n) is 3.74. The quantitative estimate of drug-likeness (QED) is 0.265. The average molecular weight is 487 g/mol. The summed E-state index contributed by atoms with van der Waals surface area (Å²) in [5, 5.41) is 19.2. The van der Waals surface area contributed by atoms with E-state index < -0.39 is 24.1 Å². The van der Waals surface area contributed by atoms with Crippen LogP contribution >= 0.6 is 0 Å². The molecular weight excluding hydrogens is 460 g/mol. The Morgan fingerprint density at radius 2 is 1.72 bits per heavy atom. The van der Waals surface area contributed by atoms with Crippen LogP contribution in [0.5, 0.6) is 0 Å². The Bertz CT molecular complexity index is 1350. The van der Waals surface area contributed by atoms with Crippen molar-refractivity contribution in [1.29, 1.82) is 0 Å². The molecule has 1 amide bonds. The molecule has 2 unspecified atom stereocenters. The molecule has 36 heavy (non-hydrogen) atoms. The molecule has 4 rings (SSSR count). The molecule has 2 heterocycles. The van der Waals surface area contributed by atoms with E-state index in [4.69, 9.17) is 9.26 Å². The Hall–Kier alpha value is -4.66. The number of pyridine rings is 1. The van der Waals surface area contributed by atoms with Crippen LogP contribution in [-0.2, 0) is 9.53 Å². The molecule has 0 saturated heterocycles. The van der Waals surface area contributed by atoms with Gasteiger partial charge in [-0.2, -0.15) is 0 Å². The van der Waals surface area contributed by atoms with Crippen LogP contribution in [0, 0.1) is 6.92 Å². The first kappa shape index (κ1) is 24.5. The normalized spacial score (nSPS) is 12.4. The molecule has 4 aromatic rings. The zero-order valence-electron chi connectivity index (χ0n) is 20.1. The van der Waals surface area contributed by atoms with Crippen molar-refractivity contribution in [2.45, 2.75) is 32.8 Å². The highest BCUT2D eigenvalue weighted by atomic mass is 16.6. The fraction of sp³-hybridized carbons (Fsp3) is 0.185. The van der Waals surface area contributed by atoms with Gasteiger partial charge in [0.1, 0.15) is 11.9 Å². The van der Waals surface area contributed by atoms with E-state index in [1.807, 2.05) is 36.4 Å². The number of aryl methyl sites for hydroxylation is 1. The lowest BCUT2D eigenvalue weighted by molar-refractivity contribution is -0.138. The molecule has 0 bridgehead atoms. The number of amides is 1. The molecule has 0 aliphatic rings. The third kappa shape index (κ3) is 5.52. The Morgan fingerprint density at radius 3 is 2.42 bits per heavy atom. The molecule has 3 N–H and O–H groups in total. The van der Waals surface area contributed by atoms with Crippen LogP contribution in [0.25, 0.3) is 11.1 Å². The van der Waals surface area contributed by atoms with Gasteiger partial charge in [0.25, 0.3) is 0 Å². The molecule has 0 fully saturated rings. The van der Waals surface area contributed by atoms with E-state index >= 15 is 0 Å². The second-order valence-corrected chi connectivity index (χ2v) is 8.26. The average Bonchev–Trinajstić information content (AvgIpc) is 3.24. The minimum atomic E-state index is -0.910. The molecule has 9 heteroatoms. The smallest absolute Gasteiger partial charge is 0.414 e. The highest BCUT2D eigenvalue weighted by Gasteiger charge is 2.21. The van der Waals surface area contributed by atoms with Gasteiger partial charge in [-0.3, -0.25) is 10.1 Å². The minimum Gasteiger partial charge on any atom is -0.481 e. The first-order valence-electron chi connectivity index (χ1n) is 11.4. The second kappa shape index (κ2) is 10.7. The summed E-state index contributed by atoms with van der Waals surface area (Å²) in [6, 6.07) is 20.2. The number of carboxylic acids is 1. The van der Waals surface area contributed by atoms with Crippen LogP contribution in [0.1, 0.15) is 42.7 Å². The number of hydrogen-bond acceptors (Lipinski definition) is 7. The van der Waals surface area contributed by atoms with E-state index in [-0.39, 0.29) is 5.88 Å². The number of anilines is 3. The summed E-state index contributed by atoms with van der Waals surface area (Å²) < 4.78 is 10.8. The number of benzene rings is 2. The largest absolute Gasteiger partial charge is 0.481 e. The van der Waals surface area contributed by atoms with Crippen LogP contribution in [-0.4, -0.2) is 27.3 Å². The summed E-state index contributed by atoms with van der Waals surface area (Å²) in [7, 11) is 0. The third-order valence-corrected chi connectivity index (χ3v) is 5.74. The SMILES string of the molecule is Cc1noc(NC(=O)OC(C)c2ccccc2)c1-c1ccc(Nc2ccccc2C(C)C(=O)O)nc1. The van der Waals surface area contributed by atoms with Gasteiger partial charge >= 0.3 is 12.1 Å². The number of nitrogens with one attached hydrogen (secondary N) is 2. The molecule has 2 atom stereocenters. The van der Waals surface area contributed by atoms with Gasteiger partial charge in [0.15, 0.2) is 0 Å². The summed E-state index contributed by atoms with van der Waals surface area (Å²) in [5.74, 6) is -0.901. The number of carbonyl (C=O) groups excluding carboxylic acids is 1. The van der Waals surface area contributed by atoms with Gasteiger partial charge in [0, 0.05) is 17.4 Å². The predicted octanol–water partition coefficient (Wildman–Crippen LogP) is 6.29. The maximum Gasteiger partial charge on any atom is 0.414 e. The van der Waals surface area contributed by atoms with Gasteiger partial charge < -0.3 is 19.7 Å². The van der Waals surface area contributed by atoms with E-state index in [9.17, 15) is 14.7 Å². The summed E-state index contributed by atoms with van der Waals surface area (Å²) in [4.78, 5) is 28.4. The number of rotatable bonds is 8. The molecule has 0 aliphatic heterocycles. The van der Waals surface area contributed by atoms with Crippen LogP contribution in [0.15, 0.2) is 77.4 Å². The Labute approximate surface area is 208 Å². The van der Waals surface area contributed by atoms with Crippen molar-refractivity contribution in [3.8, 4) is 11.1 Å². The van der Waals surface area contributed by atoms with Gasteiger partial charge in [-0.05, 0) is 50.1 Å². The topological polar surface area (TPSA) is 127 Å². The van der Waals surface area contributed by atoms with Crippen molar-refractivity contribution in [2.24, 2.45) is 0 Å². The first-order chi connectivity index (χ1) is 17.3. The van der Waals surface area contributed by atoms with E-state index in [0.29, 0.717) is 33.9 Å². The summed E-state index contributed by atoms with van der Waals surface area (Å²) >= 11 is 0. The lowest BCUT2D eigenvalue weighted by Crippen LogP contribution is -2.16. The first-order valence-corrected chi connectivity index (χ1v) is 11.4. The van der Waals surface area contributed by atoms with Crippen LogP contribution < -0.4 is 10.6 Å². The summed E-state index contributed by atoms with van der Waals surface area (Å²) in [6.45, 7) is 5.18. The molecule has 184 valence electrons. The van der Waals surface area contributed by atoms with Crippen molar-refractivity contribution in [1.82, 2.24) is 10.1 Å². The monoisotopic (exact) mass is 486 g/mol. The van der Waals surface area contributed by atoms with Crippen LogP contribution in [0.2, 0.25) is 0 Å². The van der Waals surface area contributed by atoms with E-state index in [1.54, 1.807) is 57.3 Å². The van der Waals surface area contributed by atoms with Gasteiger partial charge in [0.05, 0.1) is 17.2 Å². The van der Waals surface area contributed by atoms with Gasteiger partial charge in [0.2, 0.25) is 5.88 Å². The van der Waals surface area contributed by atoms with Crippen molar-refractivity contribution in [3.63, 3.8) is 0 Å². The number of carbonyl (C=O) groups is 2. The fourth-order valence-corrected chi connectivity index (χ4v) is 3.74. The lowest BCUT2D eigenvalue weighted by Gasteiger charge is -2.15. The second-order valence-electron chi connectivity index (χ2n) is 8.26. The molecule has 9 nitrogen and oxygen atoms in total. The van der Waals surface area contributed by atoms with Gasteiger partial charge in [-0.1, -0.05) is 53.7 Å². The number of aliphatic carboxylic acids is 1. The number of ether oxygens (including phenoxy) is 1. The van der Waals surface area contributed by atoms with Crippen LogP contribution in [0.4, 0.5) is 22.2 Å². The van der Waals surface area contributed by atoms with E-state index in [2.05, 4.69) is 20.8 Å². The van der Waals surface area contributed by atoms with Crippen LogP contribution in [0.3, 0.4) is 0 Å². The minimum absolute atomic E-state index is 0.154.